The molecule has 0 saturated carbocycles. The number of anilines is 1. The van der Waals surface area contributed by atoms with E-state index in [0.717, 1.165) is 11.5 Å². The van der Waals surface area contributed by atoms with Crippen LogP contribution in [-0.4, -0.2) is 14.5 Å². The molecule has 0 aliphatic carbocycles. The molecular formula is C11H13FN4. The number of aryl methyl sites for hydroxylation is 1. The van der Waals surface area contributed by atoms with Gasteiger partial charge in [-0.3, -0.25) is 0 Å². The molecule has 1 atom stereocenters. The zero-order valence-electron chi connectivity index (χ0n) is 9.18. The first-order chi connectivity index (χ1) is 7.66. The van der Waals surface area contributed by atoms with Crippen molar-refractivity contribution in [2.24, 2.45) is 7.05 Å². The quantitative estimate of drug-likeness (QED) is 0.806. The highest BCUT2D eigenvalue weighted by Gasteiger charge is 2.09. The summed E-state index contributed by atoms with van der Waals surface area (Å²) in [5.74, 6) is 0.444. The largest absolute Gasteiger partial charge is 0.374 e. The van der Waals surface area contributed by atoms with E-state index in [9.17, 15) is 4.39 Å². The predicted molar refractivity (Wildman–Crippen MR) is 59.4 cm³/mol. The fraction of sp³-hybridized carbons (Fsp3) is 0.273. The summed E-state index contributed by atoms with van der Waals surface area (Å²) in [6, 6.07) is 3.03. The number of hydrogen-bond acceptors (Lipinski definition) is 3. The van der Waals surface area contributed by atoms with Gasteiger partial charge in [0.05, 0.1) is 17.9 Å². The van der Waals surface area contributed by atoms with Crippen molar-refractivity contribution in [2.45, 2.75) is 13.0 Å². The second-order valence-corrected chi connectivity index (χ2v) is 3.63. The second-order valence-electron chi connectivity index (χ2n) is 3.63. The van der Waals surface area contributed by atoms with Gasteiger partial charge in [0.2, 0.25) is 5.95 Å². The highest BCUT2D eigenvalue weighted by Crippen LogP contribution is 2.16. The van der Waals surface area contributed by atoms with E-state index in [1.807, 2.05) is 24.7 Å². The van der Waals surface area contributed by atoms with Crippen molar-refractivity contribution >= 4 is 5.69 Å². The van der Waals surface area contributed by atoms with E-state index >= 15 is 0 Å². The molecule has 4 nitrogen and oxygen atoms in total. The molecule has 1 unspecified atom stereocenters. The third kappa shape index (κ3) is 2.18. The molecule has 2 heterocycles. The van der Waals surface area contributed by atoms with Crippen molar-refractivity contribution in [2.75, 3.05) is 5.32 Å². The molecule has 16 heavy (non-hydrogen) atoms. The number of imidazole rings is 1. The molecule has 0 bridgehead atoms. The van der Waals surface area contributed by atoms with Crippen LogP contribution in [0.25, 0.3) is 0 Å². The predicted octanol–water partition coefficient (Wildman–Crippen LogP) is 2.13. The molecule has 2 aromatic heterocycles. The van der Waals surface area contributed by atoms with Crippen LogP contribution in [-0.2, 0) is 7.05 Å². The minimum atomic E-state index is -0.477. The lowest BCUT2D eigenvalue weighted by Gasteiger charge is -2.14. The minimum Gasteiger partial charge on any atom is -0.374 e. The lowest BCUT2D eigenvalue weighted by Crippen LogP contribution is -2.11. The molecule has 0 radical (unpaired) electrons. The second kappa shape index (κ2) is 4.30. The van der Waals surface area contributed by atoms with E-state index in [0.29, 0.717) is 0 Å². The van der Waals surface area contributed by atoms with Gasteiger partial charge >= 0.3 is 0 Å². The zero-order valence-corrected chi connectivity index (χ0v) is 9.18. The SMILES string of the molecule is CC(Nc1ccc(F)nc1)c1nccn1C. The van der Waals surface area contributed by atoms with Gasteiger partial charge in [-0.2, -0.15) is 4.39 Å². The molecule has 1 N–H and O–H groups in total. The third-order valence-electron chi connectivity index (χ3n) is 2.36. The Labute approximate surface area is 93.2 Å². The summed E-state index contributed by atoms with van der Waals surface area (Å²) in [4.78, 5) is 7.81. The van der Waals surface area contributed by atoms with Gasteiger partial charge in [0.1, 0.15) is 5.82 Å². The molecule has 0 fully saturated rings. The molecule has 0 aliphatic rings. The van der Waals surface area contributed by atoms with Crippen LogP contribution in [0.3, 0.4) is 0 Å². The average molecular weight is 220 g/mol. The van der Waals surface area contributed by atoms with Crippen molar-refractivity contribution in [3.63, 3.8) is 0 Å². The van der Waals surface area contributed by atoms with E-state index in [2.05, 4.69) is 15.3 Å². The van der Waals surface area contributed by atoms with Crippen LogP contribution in [0.1, 0.15) is 18.8 Å². The van der Waals surface area contributed by atoms with Crippen molar-refractivity contribution in [3.8, 4) is 0 Å². The first kappa shape index (κ1) is 10.6. The summed E-state index contributed by atoms with van der Waals surface area (Å²) in [5.41, 5.74) is 0.775. The van der Waals surface area contributed by atoms with E-state index in [-0.39, 0.29) is 6.04 Å². The molecule has 0 aliphatic heterocycles. The van der Waals surface area contributed by atoms with Gasteiger partial charge in [0.15, 0.2) is 0 Å². The third-order valence-corrected chi connectivity index (χ3v) is 2.36. The van der Waals surface area contributed by atoms with Gasteiger partial charge in [0.25, 0.3) is 0 Å². The van der Waals surface area contributed by atoms with Crippen molar-refractivity contribution in [1.82, 2.24) is 14.5 Å². The van der Waals surface area contributed by atoms with Crippen molar-refractivity contribution in [3.05, 3.63) is 42.5 Å². The van der Waals surface area contributed by atoms with Crippen LogP contribution in [0.5, 0.6) is 0 Å². The maximum absolute atomic E-state index is 12.6. The fourth-order valence-electron chi connectivity index (χ4n) is 1.57. The molecule has 84 valence electrons. The van der Waals surface area contributed by atoms with Gasteiger partial charge in [-0.15, -0.1) is 0 Å². The summed E-state index contributed by atoms with van der Waals surface area (Å²) in [5, 5.41) is 3.20. The van der Waals surface area contributed by atoms with E-state index in [4.69, 9.17) is 0 Å². The maximum atomic E-state index is 12.6. The van der Waals surface area contributed by atoms with Gasteiger partial charge in [-0.1, -0.05) is 0 Å². The Bertz CT molecular complexity index is 463. The molecule has 2 rings (SSSR count). The number of nitrogens with one attached hydrogen (secondary N) is 1. The summed E-state index contributed by atoms with van der Waals surface area (Å²) >= 11 is 0. The van der Waals surface area contributed by atoms with E-state index < -0.39 is 5.95 Å². The van der Waals surface area contributed by atoms with Crippen LogP contribution in [0.2, 0.25) is 0 Å². The first-order valence-corrected chi connectivity index (χ1v) is 5.02. The van der Waals surface area contributed by atoms with Gasteiger partial charge in [0, 0.05) is 19.4 Å². The van der Waals surface area contributed by atoms with Gasteiger partial charge in [-0.25, -0.2) is 9.97 Å². The number of pyridine rings is 1. The number of hydrogen-bond donors (Lipinski definition) is 1. The minimum absolute atomic E-state index is 0.0484. The maximum Gasteiger partial charge on any atom is 0.212 e. The number of halogens is 1. The molecule has 0 aromatic carbocycles. The summed E-state index contributed by atoms with van der Waals surface area (Å²) in [7, 11) is 1.93. The van der Waals surface area contributed by atoms with Crippen LogP contribution in [0.15, 0.2) is 30.7 Å². The van der Waals surface area contributed by atoms with Crippen LogP contribution in [0.4, 0.5) is 10.1 Å². The smallest absolute Gasteiger partial charge is 0.212 e. The Hall–Kier alpha value is -1.91. The van der Waals surface area contributed by atoms with E-state index in [1.54, 1.807) is 12.3 Å². The summed E-state index contributed by atoms with van der Waals surface area (Å²) in [6.07, 6.45) is 5.10. The standard InChI is InChI=1S/C11H13FN4/c1-8(11-13-5-6-16(11)2)15-9-3-4-10(12)14-7-9/h3-8,15H,1-2H3. The topological polar surface area (TPSA) is 42.7 Å². The Kier molecular flexibility index (Phi) is 2.85. The molecular weight excluding hydrogens is 207 g/mol. The number of nitrogens with zero attached hydrogens (tertiary/aromatic N) is 3. The van der Waals surface area contributed by atoms with Crippen molar-refractivity contribution in [1.29, 1.82) is 0 Å². The molecule has 0 saturated heterocycles. The average Bonchev–Trinajstić information content (AvgIpc) is 2.68. The Morgan fingerprint density at radius 1 is 1.38 bits per heavy atom. The Morgan fingerprint density at radius 3 is 2.75 bits per heavy atom. The monoisotopic (exact) mass is 220 g/mol. The first-order valence-electron chi connectivity index (χ1n) is 5.02. The molecule has 0 amide bonds. The molecule has 5 heteroatoms. The highest BCUT2D eigenvalue weighted by atomic mass is 19.1. The summed E-state index contributed by atoms with van der Waals surface area (Å²) < 4.78 is 14.5. The highest BCUT2D eigenvalue weighted by molar-refractivity contribution is 5.41. The molecule has 2 aromatic rings. The van der Waals surface area contributed by atoms with Crippen molar-refractivity contribution < 1.29 is 4.39 Å². The Morgan fingerprint density at radius 2 is 2.19 bits per heavy atom. The summed E-state index contributed by atoms with van der Waals surface area (Å²) in [6.45, 7) is 1.99. The van der Waals surface area contributed by atoms with Crippen LogP contribution < -0.4 is 5.32 Å². The van der Waals surface area contributed by atoms with Crippen LogP contribution >= 0.6 is 0 Å². The molecule has 0 spiro atoms. The zero-order chi connectivity index (χ0) is 11.5. The van der Waals surface area contributed by atoms with Gasteiger partial charge in [-0.05, 0) is 19.1 Å². The lowest BCUT2D eigenvalue weighted by atomic mass is 10.3. The number of aromatic nitrogens is 3. The Balaban J connectivity index is 2.10. The van der Waals surface area contributed by atoms with Crippen LogP contribution in [0, 0.1) is 5.95 Å². The normalized spacial score (nSPS) is 12.4. The fourth-order valence-corrected chi connectivity index (χ4v) is 1.57. The number of rotatable bonds is 3. The van der Waals surface area contributed by atoms with E-state index in [1.165, 1.54) is 12.3 Å². The van der Waals surface area contributed by atoms with Gasteiger partial charge < -0.3 is 9.88 Å². The lowest BCUT2D eigenvalue weighted by molar-refractivity contribution is 0.583.